The number of hydrogen-bond acceptors (Lipinski definition) is 8. The summed E-state index contributed by atoms with van der Waals surface area (Å²) in [6.45, 7) is 1.70. The van der Waals surface area contributed by atoms with E-state index in [1.807, 2.05) is 19.1 Å². The third-order valence-corrected chi connectivity index (χ3v) is 7.88. The van der Waals surface area contributed by atoms with Crippen molar-refractivity contribution in [2.45, 2.75) is 45.0 Å². The average Bonchev–Trinajstić information content (AvgIpc) is 3.11. The smallest absolute Gasteiger partial charge is 0.455 e. The minimum atomic E-state index is -1.15. The fourth-order valence-corrected chi connectivity index (χ4v) is 6.09. The third kappa shape index (κ3) is 4.89. The number of phenols is 1. The molecule has 0 radical (unpaired) electrons. The number of aliphatic hydroxyl groups excluding tert-OH is 1. The number of ether oxygens (including phenoxy) is 1. The number of likely N-dealkylation sites (tertiary alicyclic amines) is 1. The van der Waals surface area contributed by atoms with Crippen LogP contribution < -0.4 is 0 Å². The number of phenolic OH excluding ortho intramolecular Hbond substituents is 1. The molecule has 9 nitrogen and oxygen atoms in total. The van der Waals surface area contributed by atoms with Crippen molar-refractivity contribution in [2.24, 2.45) is 17.8 Å². The molecule has 4 atom stereocenters. The highest BCUT2D eigenvalue weighted by Gasteiger charge is 2.59. The summed E-state index contributed by atoms with van der Waals surface area (Å²) in [5.41, 5.74) is 3.07. The van der Waals surface area contributed by atoms with Gasteiger partial charge in [-0.2, -0.15) is 4.90 Å². The minimum Gasteiger partial charge on any atom is -0.507 e. The third-order valence-electron chi connectivity index (χ3n) is 7.39. The van der Waals surface area contributed by atoms with Crippen LogP contribution >= 0.6 is 15.9 Å². The standard InChI is InChI=1S/C25H29BBrNO8/c1-3-13(8-14-9-16(27)5-6-19(14)30)4-7-20-21-15(12-29)10-17-22(18(21)11-26(34)36-20)24(32)28(23(17)31)25(33)35-2/h5-6,8-9,17-18,20,22,29-30,34H,3-4,7,10-12H2,1-2H3/b13-8+/t17-,18+,20-,22-/m1/s1. The zero-order chi connectivity index (χ0) is 26.1. The van der Waals surface area contributed by atoms with E-state index in [1.165, 1.54) is 0 Å². The van der Waals surface area contributed by atoms with E-state index in [2.05, 4.69) is 20.7 Å². The molecule has 1 aromatic rings. The topological polar surface area (TPSA) is 134 Å². The molecule has 36 heavy (non-hydrogen) atoms. The first-order valence-electron chi connectivity index (χ1n) is 12.0. The van der Waals surface area contributed by atoms with Crippen LogP contribution in [0.5, 0.6) is 5.75 Å². The van der Waals surface area contributed by atoms with Crippen molar-refractivity contribution in [3.63, 3.8) is 0 Å². The van der Waals surface area contributed by atoms with Crippen molar-refractivity contribution in [3.8, 4) is 5.75 Å². The van der Waals surface area contributed by atoms with Crippen molar-refractivity contribution < 1.29 is 39.0 Å². The summed E-state index contributed by atoms with van der Waals surface area (Å²) in [5, 5.41) is 30.9. The highest BCUT2D eigenvalue weighted by Crippen LogP contribution is 2.50. The number of carbonyl (C=O) groups excluding carboxylic acids is 3. The number of aliphatic hydroxyl groups is 1. The summed E-state index contributed by atoms with van der Waals surface area (Å²) in [7, 11) is -0.0463. The summed E-state index contributed by atoms with van der Waals surface area (Å²) >= 11 is 3.42. The van der Waals surface area contributed by atoms with Crippen LogP contribution in [0.25, 0.3) is 6.08 Å². The lowest BCUT2D eigenvalue weighted by atomic mass is 9.58. The summed E-state index contributed by atoms with van der Waals surface area (Å²) in [6, 6.07) is 5.19. The van der Waals surface area contributed by atoms with Crippen molar-refractivity contribution in [1.82, 2.24) is 4.90 Å². The first-order valence-corrected chi connectivity index (χ1v) is 12.8. The minimum absolute atomic E-state index is 0.0902. The van der Waals surface area contributed by atoms with Crippen LogP contribution in [-0.4, -0.2) is 65.0 Å². The second-order valence-electron chi connectivity index (χ2n) is 9.35. The Morgan fingerprint density at radius 1 is 1.31 bits per heavy atom. The van der Waals surface area contributed by atoms with E-state index in [0.29, 0.717) is 28.9 Å². The molecule has 11 heteroatoms. The van der Waals surface area contributed by atoms with E-state index in [9.17, 15) is 29.6 Å². The number of aromatic hydroxyl groups is 1. The summed E-state index contributed by atoms with van der Waals surface area (Å²) in [4.78, 5) is 38.7. The van der Waals surface area contributed by atoms with Gasteiger partial charge in [0, 0.05) is 10.0 Å². The molecule has 0 bridgehead atoms. The first kappa shape index (κ1) is 26.6. The summed E-state index contributed by atoms with van der Waals surface area (Å²) in [5.74, 6) is -3.25. The summed E-state index contributed by atoms with van der Waals surface area (Å²) in [6.07, 6.45) is 2.35. The predicted octanol–water partition coefficient (Wildman–Crippen LogP) is 3.28. The molecule has 2 aliphatic heterocycles. The molecule has 2 heterocycles. The van der Waals surface area contributed by atoms with Gasteiger partial charge in [-0.05, 0) is 67.3 Å². The molecule has 2 fully saturated rings. The van der Waals surface area contributed by atoms with E-state index in [-0.39, 0.29) is 25.1 Å². The molecule has 0 saturated carbocycles. The SMILES string of the molecule is CC/C(=C\c1cc(Br)ccc1O)CC[C@H]1OB(O)C[C@H]2C1=C(CO)C[C@H]1C(=O)N(C(=O)OC)C(=O)[C@H]12. The molecular formula is C25H29BBrNO8. The first-order chi connectivity index (χ1) is 17.2. The van der Waals surface area contributed by atoms with Gasteiger partial charge in [-0.25, -0.2) is 4.79 Å². The van der Waals surface area contributed by atoms with Crippen LogP contribution in [0.4, 0.5) is 4.79 Å². The van der Waals surface area contributed by atoms with E-state index in [1.54, 1.807) is 12.1 Å². The van der Waals surface area contributed by atoms with Crippen LogP contribution in [0, 0.1) is 17.8 Å². The van der Waals surface area contributed by atoms with Crippen LogP contribution in [0.15, 0.2) is 39.4 Å². The Bertz CT molecular complexity index is 1140. The van der Waals surface area contributed by atoms with Crippen LogP contribution in [0.2, 0.25) is 6.32 Å². The van der Waals surface area contributed by atoms with Crippen LogP contribution in [0.3, 0.4) is 0 Å². The Morgan fingerprint density at radius 3 is 2.72 bits per heavy atom. The highest BCUT2D eigenvalue weighted by atomic mass is 79.9. The Hall–Kier alpha value is -2.47. The molecule has 3 aliphatic rings. The number of hydrogen-bond donors (Lipinski definition) is 3. The number of methoxy groups -OCH3 is 1. The molecule has 1 aliphatic carbocycles. The maximum absolute atomic E-state index is 13.1. The molecule has 4 rings (SSSR count). The zero-order valence-corrected chi connectivity index (χ0v) is 21.7. The van der Waals surface area contributed by atoms with Gasteiger partial charge in [0.05, 0.1) is 31.7 Å². The van der Waals surface area contributed by atoms with Gasteiger partial charge in [-0.15, -0.1) is 0 Å². The Morgan fingerprint density at radius 2 is 2.06 bits per heavy atom. The number of carbonyl (C=O) groups is 3. The van der Waals surface area contributed by atoms with E-state index < -0.39 is 48.9 Å². The van der Waals surface area contributed by atoms with Crippen LogP contribution in [-0.2, 0) is 19.0 Å². The van der Waals surface area contributed by atoms with Crippen molar-refractivity contribution in [3.05, 3.63) is 45.0 Å². The largest absolute Gasteiger partial charge is 0.507 e. The lowest BCUT2D eigenvalue weighted by Gasteiger charge is -2.42. The lowest BCUT2D eigenvalue weighted by Crippen LogP contribution is -2.46. The van der Waals surface area contributed by atoms with Crippen molar-refractivity contribution in [1.29, 1.82) is 0 Å². The van der Waals surface area contributed by atoms with E-state index >= 15 is 0 Å². The second kappa shape index (κ2) is 10.9. The quantitative estimate of drug-likeness (QED) is 0.274. The predicted molar refractivity (Wildman–Crippen MR) is 134 cm³/mol. The van der Waals surface area contributed by atoms with Gasteiger partial charge in [0.25, 0.3) is 0 Å². The number of allylic oxidation sites excluding steroid dienone is 1. The molecule has 192 valence electrons. The fraction of sp³-hybridized carbons (Fsp3) is 0.480. The molecule has 3 N–H and O–H groups in total. The molecular weight excluding hydrogens is 533 g/mol. The van der Waals surface area contributed by atoms with Gasteiger partial charge in [-0.1, -0.05) is 34.5 Å². The number of benzene rings is 1. The van der Waals surface area contributed by atoms with Crippen LogP contribution in [0.1, 0.15) is 38.2 Å². The Labute approximate surface area is 218 Å². The number of imide groups is 3. The molecule has 0 aromatic heterocycles. The normalized spacial score (nSPS) is 26.3. The van der Waals surface area contributed by atoms with Gasteiger partial charge >= 0.3 is 13.2 Å². The van der Waals surface area contributed by atoms with Gasteiger partial charge < -0.3 is 24.6 Å². The monoisotopic (exact) mass is 561 g/mol. The molecule has 3 amide bonds. The molecule has 2 saturated heterocycles. The van der Waals surface area contributed by atoms with Gasteiger partial charge in [-0.3, -0.25) is 9.59 Å². The molecule has 0 spiro atoms. The number of nitrogens with zero attached hydrogens (tertiary/aromatic N) is 1. The van der Waals surface area contributed by atoms with Gasteiger partial charge in [0.1, 0.15) is 5.75 Å². The number of rotatable bonds is 6. The number of fused-ring (bicyclic) bond motifs is 3. The van der Waals surface area contributed by atoms with Crippen molar-refractivity contribution >= 4 is 47.0 Å². The second-order valence-corrected chi connectivity index (χ2v) is 10.3. The van der Waals surface area contributed by atoms with E-state index in [4.69, 9.17) is 4.65 Å². The number of amides is 3. The molecule has 1 aromatic carbocycles. The van der Waals surface area contributed by atoms with Gasteiger partial charge in [0.2, 0.25) is 11.8 Å². The maximum Gasteiger partial charge on any atom is 0.455 e. The molecule has 0 unspecified atom stereocenters. The average molecular weight is 562 g/mol. The summed E-state index contributed by atoms with van der Waals surface area (Å²) < 4.78 is 11.4. The highest BCUT2D eigenvalue weighted by molar-refractivity contribution is 9.10. The Balaban J connectivity index is 1.62. The number of halogens is 1. The van der Waals surface area contributed by atoms with Gasteiger partial charge in [0.15, 0.2) is 0 Å². The lowest BCUT2D eigenvalue weighted by molar-refractivity contribution is -0.137. The Kier molecular flexibility index (Phi) is 8.04. The maximum atomic E-state index is 13.1. The van der Waals surface area contributed by atoms with Crippen molar-refractivity contribution in [2.75, 3.05) is 13.7 Å². The zero-order valence-electron chi connectivity index (χ0n) is 20.1. The fourth-order valence-electron chi connectivity index (χ4n) is 5.71. The van der Waals surface area contributed by atoms with E-state index in [0.717, 1.165) is 29.1 Å².